The van der Waals surface area contributed by atoms with Crippen LogP contribution in [0, 0.1) is 11.8 Å². The third-order valence-electron chi connectivity index (χ3n) is 2.89. The number of nitrogens with one attached hydrogen (secondary N) is 2. The highest BCUT2D eigenvalue weighted by molar-refractivity contribution is 5.95. The highest BCUT2D eigenvalue weighted by Gasteiger charge is 2.29. The quantitative estimate of drug-likeness (QED) is 0.858. The molecule has 1 aliphatic rings. The van der Waals surface area contributed by atoms with E-state index in [-0.39, 0.29) is 23.7 Å². The Morgan fingerprint density at radius 3 is 2.00 bits per heavy atom. The molecule has 1 fully saturated rings. The first-order valence-electron chi connectivity index (χ1n) is 6.28. The van der Waals surface area contributed by atoms with Gasteiger partial charge in [-0.1, -0.05) is 13.8 Å². The Balaban J connectivity index is 1.92. The number of hydrogen-bond acceptors (Lipinski definition) is 2. The molecule has 0 spiro atoms. The summed E-state index contributed by atoms with van der Waals surface area (Å²) in [5, 5.41) is 5.66. The zero-order chi connectivity index (χ0) is 13.1. The van der Waals surface area contributed by atoms with E-state index in [1.54, 1.807) is 24.3 Å². The molecule has 4 nitrogen and oxygen atoms in total. The number of anilines is 2. The average molecular weight is 246 g/mol. The third-order valence-corrected chi connectivity index (χ3v) is 2.89. The molecule has 0 aliphatic heterocycles. The molecule has 2 rings (SSSR count). The first-order chi connectivity index (χ1) is 8.56. The van der Waals surface area contributed by atoms with Crippen LogP contribution < -0.4 is 10.6 Å². The Bertz CT molecular complexity index is 412. The summed E-state index contributed by atoms with van der Waals surface area (Å²) in [4.78, 5) is 23.0. The van der Waals surface area contributed by atoms with Gasteiger partial charge in [0.05, 0.1) is 0 Å². The molecule has 0 bridgehead atoms. The second kappa shape index (κ2) is 5.21. The van der Waals surface area contributed by atoms with E-state index >= 15 is 0 Å². The van der Waals surface area contributed by atoms with Crippen molar-refractivity contribution in [2.45, 2.75) is 26.7 Å². The molecule has 1 aromatic rings. The summed E-state index contributed by atoms with van der Waals surface area (Å²) in [6.45, 7) is 3.69. The van der Waals surface area contributed by atoms with Crippen LogP contribution in [0.4, 0.5) is 11.4 Å². The van der Waals surface area contributed by atoms with Gasteiger partial charge in [0.1, 0.15) is 0 Å². The van der Waals surface area contributed by atoms with Crippen molar-refractivity contribution >= 4 is 23.2 Å². The van der Waals surface area contributed by atoms with Gasteiger partial charge < -0.3 is 10.6 Å². The molecular formula is C14H18N2O2. The molecule has 0 aromatic heterocycles. The monoisotopic (exact) mass is 246 g/mol. The summed E-state index contributed by atoms with van der Waals surface area (Å²) in [5.41, 5.74) is 1.52. The van der Waals surface area contributed by atoms with E-state index in [1.165, 1.54) is 0 Å². The number of hydrogen-bond donors (Lipinski definition) is 2. The Labute approximate surface area is 107 Å². The van der Waals surface area contributed by atoms with Gasteiger partial charge in [0.25, 0.3) is 0 Å². The molecule has 0 saturated heterocycles. The molecule has 4 heteroatoms. The van der Waals surface area contributed by atoms with Crippen molar-refractivity contribution in [2.75, 3.05) is 10.6 Å². The first kappa shape index (κ1) is 12.6. The maximum atomic E-state index is 11.5. The summed E-state index contributed by atoms with van der Waals surface area (Å²) in [5.74, 6) is 0.239. The normalized spacial score (nSPS) is 14.4. The molecule has 0 radical (unpaired) electrons. The van der Waals surface area contributed by atoms with Crippen molar-refractivity contribution in [3.8, 4) is 0 Å². The Morgan fingerprint density at radius 2 is 1.56 bits per heavy atom. The Hall–Kier alpha value is -1.84. The lowest BCUT2D eigenvalue weighted by Gasteiger charge is -2.09. The summed E-state index contributed by atoms with van der Waals surface area (Å²) < 4.78 is 0. The number of carbonyl (C=O) groups is 2. The van der Waals surface area contributed by atoms with Gasteiger partial charge in [-0.05, 0) is 37.1 Å². The second-order valence-electron chi connectivity index (χ2n) is 4.98. The number of carbonyl (C=O) groups excluding carboxylic acids is 2. The maximum absolute atomic E-state index is 11.5. The van der Waals surface area contributed by atoms with E-state index in [0.717, 1.165) is 24.2 Å². The van der Waals surface area contributed by atoms with Crippen molar-refractivity contribution in [2.24, 2.45) is 11.8 Å². The van der Waals surface area contributed by atoms with Crippen molar-refractivity contribution in [3.05, 3.63) is 24.3 Å². The van der Waals surface area contributed by atoms with Gasteiger partial charge in [-0.25, -0.2) is 0 Å². The van der Waals surface area contributed by atoms with Gasteiger partial charge in [0, 0.05) is 23.2 Å². The smallest absolute Gasteiger partial charge is 0.227 e. The van der Waals surface area contributed by atoms with Crippen LogP contribution in [0.25, 0.3) is 0 Å². The molecule has 2 N–H and O–H groups in total. The van der Waals surface area contributed by atoms with Crippen molar-refractivity contribution in [1.82, 2.24) is 0 Å². The molecule has 1 saturated carbocycles. The lowest BCUT2D eigenvalue weighted by atomic mass is 10.2. The zero-order valence-corrected chi connectivity index (χ0v) is 10.7. The van der Waals surface area contributed by atoms with Crippen molar-refractivity contribution in [1.29, 1.82) is 0 Å². The van der Waals surface area contributed by atoms with Crippen molar-refractivity contribution in [3.63, 3.8) is 0 Å². The number of amides is 2. The summed E-state index contributed by atoms with van der Waals surface area (Å²) in [6, 6.07) is 7.19. The van der Waals surface area contributed by atoms with Gasteiger partial charge in [0.2, 0.25) is 11.8 Å². The lowest BCUT2D eigenvalue weighted by Crippen LogP contribution is -2.17. The Kier molecular flexibility index (Phi) is 3.65. The summed E-state index contributed by atoms with van der Waals surface area (Å²) in [6.07, 6.45) is 1.99. The highest BCUT2D eigenvalue weighted by Crippen LogP contribution is 2.30. The van der Waals surface area contributed by atoms with Gasteiger partial charge in [-0.15, -0.1) is 0 Å². The molecule has 0 heterocycles. The van der Waals surface area contributed by atoms with E-state index < -0.39 is 0 Å². The SMILES string of the molecule is CC(C)C(=O)Nc1ccc(NC(=O)C2CC2)cc1. The van der Waals surface area contributed by atoms with Crippen LogP contribution in [0.5, 0.6) is 0 Å². The Morgan fingerprint density at radius 1 is 1.06 bits per heavy atom. The van der Waals surface area contributed by atoms with Gasteiger partial charge >= 0.3 is 0 Å². The molecule has 1 aliphatic carbocycles. The van der Waals surface area contributed by atoms with Gasteiger partial charge in [0.15, 0.2) is 0 Å². The number of rotatable bonds is 4. The van der Waals surface area contributed by atoms with Crippen LogP contribution in [-0.2, 0) is 9.59 Å². The molecule has 0 unspecified atom stereocenters. The zero-order valence-electron chi connectivity index (χ0n) is 10.7. The molecule has 1 aromatic carbocycles. The van der Waals surface area contributed by atoms with E-state index in [1.807, 2.05) is 13.8 Å². The molecule has 2 amide bonds. The minimum Gasteiger partial charge on any atom is -0.326 e. The molecule has 96 valence electrons. The molecule has 0 atom stereocenters. The van der Waals surface area contributed by atoms with E-state index in [2.05, 4.69) is 10.6 Å². The van der Waals surface area contributed by atoms with Gasteiger partial charge in [-0.3, -0.25) is 9.59 Å². The van der Waals surface area contributed by atoms with Crippen LogP contribution in [0.3, 0.4) is 0 Å². The fourth-order valence-electron chi connectivity index (χ4n) is 1.51. The van der Waals surface area contributed by atoms with E-state index in [9.17, 15) is 9.59 Å². The first-order valence-corrected chi connectivity index (χ1v) is 6.28. The lowest BCUT2D eigenvalue weighted by molar-refractivity contribution is -0.119. The average Bonchev–Trinajstić information content (AvgIpc) is 3.15. The maximum Gasteiger partial charge on any atom is 0.227 e. The van der Waals surface area contributed by atoms with E-state index in [0.29, 0.717) is 0 Å². The van der Waals surface area contributed by atoms with Crippen molar-refractivity contribution < 1.29 is 9.59 Å². The minimum atomic E-state index is -0.0424. The molecular weight excluding hydrogens is 228 g/mol. The third kappa shape index (κ3) is 3.32. The highest BCUT2D eigenvalue weighted by atomic mass is 16.2. The standard InChI is InChI=1S/C14H18N2O2/c1-9(2)13(17)15-11-5-7-12(8-6-11)16-14(18)10-3-4-10/h5-10H,3-4H2,1-2H3,(H,15,17)(H,16,18). The number of benzene rings is 1. The van der Waals surface area contributed by atoms with Crippen LogP contribution in [0.2, 0.25) is 0 Å². The van der Waals surface area contributed by atoms with Crippen LogP contribution in [-0.4, -0.2) is 11.8 Å². The summed E-state index contributed by atoms with van der Waals surface area (Å²) in [7, 11) is 0. The minimum absolute atomic E-state index is 0.00948. The topological polar surface area (TPSA) is 58.2 Å². The van der Waals surface area contributed by atoms with E-state index in [4.69, 9.17) is 0 Å². The predicted octanol–water partition coefficient (Wildman–Crippen LogP) is 2.63. The fourth-order valence-corrected chi connectivity index (χ4v) is 1.51. The van der Waals surface area contributed by atoms with Crippen LogP contribution in [0.1, 0.15) is 26.7 Å². The molecule has 18 heavy (non-hydrogen) atoms. The van der Waals surface area contributed by atoms with Crippen LogP contribution in [0.15, 0.2) is 24.3 Å². The second-order valence-corrected chi connectivity index (χ2v) is 4.98. The van der Waals surface area contributed by atoms with Crippen LogP contribution >= 0.6 is 0 Å². The fraction of sp³-hybridized carbons (Fsp3) is 0.429. The predicted molar refractivity (Wildman–Crippen MR) is 71.3 cm³/mol. The summed E-state index contributed by atoms with van der Waals surface area (Å²) >= 11 is 0. The largest absolute Gasteiger partial charge is 0.326 e. The van der Waals surface area contributed by atoms with Gasteiger partial charge in [-0.2, -0.15) is 0 Å².